The molecule has 5 heteroatoms. The molecule has 1 aromatic carbocycles. The number of hydrogen-bond donors (Lipinski definition) is 1. The first-order chi connectivity index (χ1) is 11.2. The third-order valence-electron chi connectivity index (χ3n) is 4.66. The van der Waals surface area contributed by atoms with Gasteiger partial charge in [-0.05, 0) is 35.9 Å². The van der Waals surface area contributed by atoms with E-state index in [0.717, 1.165) is 47.6 Å². The highest BCUT2D eigenvalue weighted by atomic mass is 35.5. The van der Waals surface area contributed by atoms with E-state index in [1.54, 1.807) is 6.20 Å². The summed E-state index contributed by atoms with van der Waals surface area (Å²) in [5, 5.41) is 17.3. The van der Waals surface area contributed by atoms with Crippen molar-refractivity contribution < 1.29 is 5.11 Å². The maximum Gasteiger partial charge on any atom is 0.129 e. The minimum Gasteiger partial charge on any atom is -0.391 e. The number of aromatic nitrogens is 3. The lowest BCUT2D eigenvalue weighted by atomic mass is 9.93. The van der Waals surface area contributed by atoms with Crippen LogP contribution in [0.15, 0.2) is 42.9 Å². The van der Waals surface area contributed by atoms with Crippen LogP contribution in [-0.4, -0.2) is 26.0 Å². The second kappa shape index (κ2) is 5.95. The summed E-state index contributed by atoms with van der Waals surface area (Å²) in [4.78, 5) is 4.10. The van der Waals surface area contributed by atoms with Gasteiger partial charge in [0.1, 0.15) is 5.15 Å². The van der Waals surface area contributed by atoms with Crippen molar-refractivity contribution in [1.82, 2.24) is 14.8 Å². The molecule has 2 heterocycles. The molecule has 1 aliphatic rings. The molecule has 4 rings (SSSR count). The Kier molecular flexibility index (Phi) is 3.79. The number of halogens is 1. The molecule has 0 saturated heterocycles. The van der Waals surface area contributed by atoms with Gasteiger partial charge in [0.2, 0.25) is 0 Å². The lowest BCUT2D eigenvalue weighted by Gasteiger charge is -2.27. The summed E-state index contributed by atoms with van der Waals surface area (Å²) in [7, 11) is 0. The van der Waals surface area contributed by atoms with E-state index in [0.29, 0.717) is 5.15 Å². The smallest absolute Gasteiger partial charge is 0.129 e. The van der Waals surface area contributed by atoms with Crippen molar-refractivity contribution in [1.29, 1.82) is 0 Å². The number of hydrogen-bond acceptors (Lipinski definition) is 3. The Morgan fingerprint density at radius 2 is 1.91 bits per heavy atom. The van der Waals surface area contributed by atoms with Crippen molar-refractivity contribution in [3.8, 4) is 11.1 Å². The molecule has 2 unspecified atom stereocenters. The van der Waals surface area contributed by atoms with Crippen molar-refractivity contribution >= 4 is 22.4 Å². The van der Waals surface area contributed by atoms with E-state index in [1.165, 1.54) is 0 Å². The predicted octanol–water partition coefficient (Wildman–Crippen LogP) is 4.23. The Bertz CT molecular complexity index is 845. The molecule has 2 aromatic heterocycles. The summed E-state index contributed by atoms with van der Waals surface area (Å²) in [6, 6.07) is 8.17. The number of fused-ring (bicyclic) bond motifs is 1. The number of aliphatic hydroxyl groups is 1. The molecular weight excluding hydrogens is 310 g/mol. The highest BCUT2D eigenvalue weighted by Gasteiger charge is 2.25. The van der Waals surface area contributed by atoms with Gasteiger partial charge in [0.05, 0.1) is 18.3 Å². The maximum atomic E-state index is 10.2. The summed E-state index contributed by atoms with van der Waals surface area (Å²) in [6.07, 6.45) is 9.49. The van der Waals surface area contributed by atoms with Crippen LogP contribution in [0.1, 0.15) is 31.7 Å². The van der Waals surface area contributed by atoms with Crippen LogP contribution in [0.4, 0.5) is 0 Å². The fraction of sp³-hybridized carbons (Fsp3) is 0.333. The second-order valence-electron chi connectivity index (χ2n) is 6.20. The number of rotatable bonds is 2. The lowest BCUT2D eigenvalue weighted by molar-refractivity contribution is 0.0695. The van der Waals surface area contributed by atoms with Crippen LogP contribution in [-0.2, 0) is 0 Å². The van der Waals surface area contributed by atoms with Crippen molar-refractivity contribution in [3.63, 3.8) is 0 Å². The van der Waals surface area contributed by atoms with E-state index in [4.69, 9.17) is 11.6 Å². The van der Waals surface area contributed by atoms with Gasteiger partial charge >= 0.3 is 0 Å². The van der Waals surface area contributed by atoms with Gasteiger partial charge in [-0.1, -0.05) is 36.6 Å². The molecule has 2 atom stereocenters. The average molecular weight is 328 g/mol. The van der Waals surface area contributed by atoms with Crippen LogP contribution in [0, 0.1) is 0 Å². The van der Waals surface area contributed by atoms with Crippen LogP contribution < -0.4 is 0 Å². The fourth-order valence-corrected chi connectivity index (χ4v) is 3.53. The molecule has 23 heavy (non-hydrogen) atoms. The van der Waals surface area contributed by atoms with Crippen molar-refractivity contribution in [2.24, 2.45) is 0 Å². The first kappa shape index (κ1) is 14.7. The topological polar surface area (TPSA) is 50.9 Å². The van der Waals surface area contributed by atoms with E-state index in [2.05, 4.69) is 22.2 Å². The standard InChI is InChI=1S/C18H18ClN3O/c19-18-8-14-7-12(5-6-13(14)9-20-18)15-10-21-22(11-15)16-3-1-2-4-17(16)23/h5-11,16-17,23H,1-4H2. The zero-order valence-corrected chi connectivity index (χ0v) is 13.4. The monoisotopic (exact) mass is 327 g/mol. The molecule has 1 fully saturated rings. The van der Waals surface area contributed by atoms with Crippen LogP contribution in [0.25, 0.3) is 21.9 Å². The van der Waals surface area contributed by atoms with E-state index < -0.39 is 0 Å². The zero-order valence-electron chi connectivity index (χ0n) is 12.7. The Morgan fingerprint density at radius 3 is 2.78 bits per heavy atom. The summed E-state index contributed by atoms with van der Waals surface area (Å²) in [5.41, 5.74) is 2.15. The van der Waals surface area contributed by atoms with Gasteiger partial charge in [0.15, 0.2) is 0 Å². The fourth-order valence-electron chi connectivity index (χ4n) is 3.36. The summed E-state index contributed by atoms with van der Waals surface area (Å²) >= 11 is 5.98. The van der Waals surface area contributed by atoms with E-state index in [9.17, 15) is 5.11 Å². The number of benzene rings is 1. The van der Waals surface area contributed by atoms with E-state index in [1.807, 2.05) is 29.2 Å². The summed E-state index contributed by atoms with van der Waals surface area (Å²) < 4.78 is 1.92. The Hall–Kier alpha value is -1.91. The van der Waals surface area contributed by atoms with Crippen LogP contribution in [0.3, 0.4) is 0 Å². The Labute approximate surface area is 139 Å². The van der Waals surface area contributed by atoms with Crippen LogP contribution in [0.5, 0.6) is 0 Å². The molecule has 3 aromatic rings. The highest BCUT2D eigenvalue weighted by molar-refractivity contribution is 6.30. The molecule has 4 nitrogen and oxygen atoms in total. The minimum absolute atomic E-state index is 0.0941. The van der Waals surface area contributed by atoms with E-state index in [-0.39, 0.29) is 12.1 Å². The molecule has 0 amide bonds. The van der Waals surface area contributed by atoms with Gasteiger partial charge in [0.25, 0.3) is 0 Å². The first-order valence-corrected chi connectivity index (χ1v) is 8.36. The third kappa shape index (κ3) is 2.84. The maximum absolute atomic E-state index is 10.2. The van der Waals surface area contributed by atoms with Gasteiger partial charge in [-0.25, -0.2) is 4.98 Å². The van der Waals surface area contributed by atoms with Gasteiger partial charge in [0, 0.05) is 23.3 Å². The van der Waals surface area contributed by atoms with Gasteiger partial charge < -0.3 is 5.11 Å². The quantitative estimate of drug-likeness (QED) is 0.717. The Morgan fingerprint density at radius 1 is 1.04 bits per heavy atom. The van der Waals surface area contributed by atoms with Gasteiger partial charge in [-0.15, -0.1) is 0 Å². The molecular formula is C18H18ClN3O. The predicted molar refractivity (Wildman–Crippen MR) is 91.5 cm³/mol. The van der Waals surface area contributed by atoms with E-state index >= 15 is 0 Å². The number of nitrogens with zero attached hydrogens (tertiary/aromatic N) is 3. The number of pyridine rings is 1. The van der Waals surface area contributed by atoms with Crippen LogP contribution in [0.2, 0.25) is 5.15 Å². The average Bonchev–Trinajstić information content (AvgIpc) is 3.04. The summed E-state index contributed by atoms with van der Waals surface area (Å²) in [6.45, 7) is 0. The molecule has 0 radical (unpaired) electrons. The zero-order chi connectivity index (χ0) is 15.8. The lowest BCUT2D eigenvalue weighted by Crippen LogP contribution is -2.27. The molecule has 1 saturated carbocycles. The third-order valence-corrected chi connectivity index (χ3v) is 4.86. The second-order valence-corrected chi connectivity index (χ2v) is 6.58. The molecule has 118 valence electrons. The normalized spacial score (nSPS) is 21.7. The summed E-state index contributed by atoms with van der Waals surface area (Å²) in [5.74, 6) is 0. The van der Waals surface area contributed by atoms with Crippen molar-refractivity contribution in [3.05, 3.63) is 48.0 Å². The van der Waals surface area contributed by atoms with Crippen LogP contribution >= 0.6 is 11.6 Å². The molecule has 1 N–H and O–H groups in total. The first-order valence-electron chi connectivity index (χ1n) is 7.98. The minimum atomic E-state index is -0.294. The van der Waals surface area contributed by atoms with Crippen molar-refractivity contribution in [2.75, 3.05) is 0 Å². The SMILES string of the molecule is OC1CCCCC1n1cc(-c2ccc3cnc(Cl)cc3c2)cn1. The van der Waals surface area contributed by atoms with Gasteiger partial charge in [-0.3, -0.25) is 4.68 Å². The largest absolute Gasteiger partial charge is 0.391 e. The molecule has 0 bridgehead atoms. The van der Waals surface area contributed by atoms with Crippen molar-refractivity contribution in [2.45, 2.75) is 37.8 Å². The Balaban J connectivity index is 1.68. The highest BCUT2D eigenvalue weighted by Crippen LogP contribution is 2.30. The molecule has 0 spiro atoms. The molecule has 0 aliphatic heterocycles. The van der Waals surface area contributed by atoms with Gasteiger partial charge in [-0.2, -0.15) is 5.10 Å². The molecule has 1 aliphatic carbocycles. The number of aliphatic hydroxyl groups excluding tert-OH is 1.